The summed E-state index contributed by atoms with van der Waals surface area (Å²) >= 11 is 6.12. The van der Waals surface area contributed by atoms with E-state index in [1.165, 1.54) is 24.8 Å². The molecule has 78 valence electrons. The zero-order valence-electron chi connectivity index (χ0n) is 8.70. The lowest BCUT2D eigenvalue weighted by atomic mass is 9.85. The summed E-state index contributed by atoms with van der Waals surface area (Å²) in [5.41, 5.74) is 2.28. The number of aryl methyl sites for hydroxylation is 1. The number of aromatic nitrogens is 2. The maximum absolute atomic E-state index is 6.12. The number of rotatable bonds is 1. The Balaban J connectivity index is 2.24. The summed E-state index contributed by atoms with van der Waals surface area (Å²) in [6.45, 7) is 2.10. The summed E-state index contributed by atoms with van der Waals surface area (Å²) in [5, 5.41) is 0.636. The predicted octanol–water partition coefficient (Wildman–Crippen LogP) is 3.56. The van der Waals surface area contributed by atoms with Crippen LogP contribution in [0.1, 0.15) is 36.6 Å². The summed E-state index contributed by atoms with van der Waals surface area (Å²) in [5.74, 6) is 1.76. The van der Waals surface area contributed by atoms with Gasteiger partial charge in [-0.05, 0) is 31.4 Å². The van der Waals surface area contributed by atoms with Crippen LogP contribution in [-0.4, -0.2) is 9.38 Å². The molecule has 0 aromatic carbocycles. The molecular weight excluding hydrogens is 208 g/mol. The molecule has 0 atom stereocenters. The summed E-state index contributed by atoms with van der Waals surface area (Å²) in [4.78, 5) is 4.48. The van der Waals surface area contributed by atoms with Crippen LogP contribution < -0.4 is 0 Å². The van der Waals surface area contributed by atoms with Gasteiger partial charge in [0.25, 0.3) is 0 Å². The van der Waals surface area contributed by atoms with E-state index in [0.717, 1.165) is 11.3 Å². The Bertz CT molecular complexity index is 512. The van der Waals surface area contributed by atoms with E-state index < -0.39 is 0 Å². The van der Waals surface area contributed by atoms with Crippen molar-refractivity contribution in [1.82, 2.24) is 9.38 Å². The normalized spacial score (nSPS) is 16.9. The standard InChI is InChI=1S/C12H13ClN2/c1-8-5-6-10-11(13)14-12(15(10)7-8)9-3-2-4-9/h5-7,9H,2-4H2,1H3. The van der Waals surface area contributed by atoms with Crippen molar-refractivity contribution in [3.63, 3.8) is 0 Å². The third-order valence-electron chi connectivity index (χ3n) is 3.24. The zero-order chi connectivity index (χ0) is 10.4. The molecule has 1 fully saturated rings. The minimum Gasteiger partial charge on any atom is -0.302 e. The number of hydrogen-bond donors (Lipinski definition) is 0. The third kappa shape index (κ3) is 1.36. The van der Waals surface area contributed by atoms with Crippen molar-refractivity contribution in [2.75, 3.05) is 0 Å². The van der Waals surface area contributed by atoms with Crippen molar-refractivity contribution in [1.29, 1.82) is 0 Å². The Labute approximate surface area is 93.9 Å². The number of fused-ring (bicyclic) bond motifs is 1. The number of nitrogens with zero attached hydrogens (tertiary/aromatic N) is 2. The second kappa shape index (κ2) is 3.24. The van der Waals surface area contributed by atoms with E-state index >= 15 is 0 Å². The molecule has 0 saturated heterocycles. The molecule has 0 unspecified atom stereocenters. The molecule has 0 bridgehead atoms. The van der Waals surface area contributed by atoms with Crippen molar-refractivity contribution in [3.8, 4) is 0 Å². The summed E-state index contributed by atoms with van der Waals surface area (Å²) in [6.07, 6.45) is 5.96. The van der Waals surface area contributed by atoms with Crippen LogP contribution in [0.3, 0.4) is 0 Å². The average molecular weight is 221 g/mol. The lowest BCUT2D eigenvalue weighted by molar-refractivity contribution is 0.400. The highest BCUT2D eigenvalue weighted by molar-refractivity contribution is 6.32. The molecule has 1 saturated carbocycles. The van der Waals surface area contributed by atoms with Crippen molar-refractivity contribution in [2.24, 2.45) is 0 Å². The first-order valence-corrected chi connectivity index (χ1v) is 5.77. The Morgan fingerprint density at radius 1 is 1.40 bits per heavy atom. The van der Waals surface area contributed by atoms with Crippen LogP contribution in [0.15, 0.2) is 18.3 Å². The fourth-order valence-electron chi connectivity index (χ4n) is 2.13. The number of imidazole rings is 1. The van der Waals surface area contributed by atoms with E-state index in [0.29, 0.717) is 11.1 Å². The van der Waals surface area contributed by atoms with Gasteiger partial charge in [-0.25, -0.2) is 4.98 Å². The Kier molecular flexibility index (Phi) is 1.99. The van der Waals surface area contributed by atoms with Crippen LogP contribution in [0.4, 0.5) is 0 Å². The van der Waals surface area contributed by atoms with Crippen LogP contribution in [-0.2, 0) is 0 Å². The molecule has 15 heavy (non-hydrogen) atoms. The number of pyridine rings is 1. The third-order valence-corrected chi connectivity index (χ3v) is 3.52. The zero-order valence-corrected chi connectivity index (χ0v) is 9.46. The Morgan fingerprint density at radius 3 is 2.87 bits per heavy atom. The molecule has 2 nitrogen and oxygen atoms in total. The van der Waals surface area contributed by atoms with E-state index in [1.807, 2.05) is 6.07 Å². The van der Waals surface area contributed by atoms with E-state index in [4.69, 9.17) is 11.6 Å². The average Bonchev–Trinajstić information content (AvgIpc) is 2.41. The van der Waals surface area contributed by atoms with Crippen molar-refractivity contribution in [2.45, 2.75) is 32.1 Å². The van der Waals surface area contributed by atoms with Gasteiger partial charge in [-0.1, -0.05) is 24.1 Å². The maximum atomic E-state index is 6.12. The van der Waals surface area contributed by atoms with Crippen molar-refractivity contribution >= 4 is 17.1 Å². The van der Waals surface area contributed by atoms with Gasteiger partial charge in [0, 0.05) is 12.1 Å². The fraction of sp³-hybridized carbons (Fsp3) is 0.417. The van der Waals surface area contributed by atoms with Crippen molar-refractivity contribution in [3.05, 3.63) is 34.9 Å². The second-order valence-corrected chi connectivity index (χ2v) is 4.71. The molecule has 0 spiro atoms. The molecular formula is C12H13ClN2. The van der Waals surface area contributed by atoms with Gasteiger partial charge in [0.2, 0.25) is 0 Å². The van der Waals surface area contributed by atoms with E-state index in [2.05, 4.69) is 28.6 Å². The first-order chi connectivity index (χ1) is 7.25. The Hall–Kier alpha value is -1.02. The van der Waals surface area contributed by atoms with Gasteiger partial charge >= 0.3 is 0 Å². The quantitative estimate of drug-likeness (QED) is 0.718. The lowest BCUT2D eigenvalue weighted by Gasteiger charge is -2.23. The van der Waals surface area contributed by atoms with Gasteiger partial charge in [-0.2, -0.15) is 0 Å². The second-order valence-electron chi connectivity index (χ2n) is 4.35. The lowest BCUT2D eigenvalue weighted by Crippen LogP contribution is -2.12. The summed E-state index contributed by atoms with van der Waals surface area (Å²) in [6, 6.07) is 4.13. The molecule has 3 rings (SSSR count). The molecule has 2 heterocycles. The topological polar surface area (TPSA) is 17.3 Å². The molecule has 2 aromatic rings. The molecule has 1 aliphatic rings. The number of halogens is 1. The highest BCUT2D eigenvalue weighted by Gasteiger charge is 2.24. The van der Waals surface area contributed by atoms with Gasteiger partial charge in [0.05, 0.1) is 5.52 Å². The predicted molar refractivity (Wildman–Crippen MR) is 61.5 cm³/mol. The molecule has 1 aliphatic carbocycles. The van der Waals surface area contributed by atoms with Gasteiger partial charge in [0.15, 0.2) is 5.15 Å². The van der Waals surface area contributed by atoms with Gasteiger partial charge < -0.3 is 4.40 Å². The first-order valence-electron chi connectivity index (χ1n) is 5.40. The highest BCUT2D eigenvalue weighted by atomic mass is 35.5. The maximum Gasteiger partial charge on any atom is 0.155 e. The number of hydrogen-bond acceptors (Lipinski definition) is 1. The Morgan fingerprint density at radius 2 is 2.20 bits per heavy atom. The van der Waals surface area contributed by atoms with Crippen LogP contribution in [0.25, 0.3) is 5.52 Å². The van der Waals surface area contributed by atoms with E-state index in [1.54, 1.807) is 0 Å². The molecule has 0 amide bonds. The molecule has 0 radical (unpaired) electrons. The molecule has 3 heteroatoms. The molecule has 0 N–H and O–H groups in total. The van der Waals surface area contributed by atoms with Crippen molar-refractivity contribution < 1.29 is 0 Å². The first kappa shape index (κ1) is 9.22. The van der Waals surface area contributed by atoms with Crippen LogP contribution in [0.2, 0.25) is 5.15 Å². The fourth-order valence-corrected chi connectivity index (χ4v) is 2.37. The van der Waals surface area contributed by atoms with E-state index in [-0.39, 0.29) is 0 Å². The van der Waals surface area contributed by atoms with Gasteiger partial charge in [-0.15, -0.1) is 0 Å². The van der Waals surface area contributed by atoms with Crippen LogP contribution >= 0.6 is 11.6 Å². The summed E-state index contributed by atoms with van der Waals surface area (Å²) < 4.78 is 2.15. The van der Waals surface area contributed by atoms with Gasteiger partial charge in [-0.3, -0.25) is 0 Å². The highest BCUT2D eigenvalue weighted by Crippen LogP contribution is 2.37. The van der Waals surface area contributed by atoms with Crippen LogP contribution in [0.5, 0.6) is 0 Å². The van der Waals surface area contributed by atoms with Crippen LogP contribution in [0, 0.1) is 6.92 Å². The molecule has 0 aliphatic heterocycles. The summed E-state index contributed by atoms with van der Waals surface area (Å²) in [7, 11) is 0. The van der Waals surface area contributed by atoms with Gasteiger partial charge in [0.1, 0.15) is 5.82 Å². The monoisotopic (exact) mass is 220 g/mol. The minimum atomic E-state index is 0.617. The smallest absolute Gasteiger partial charge is 0.155 e. The minimum absolute atomic E-state index is 0.617. The SMILES string of the molecule is Cc1ccc2c(Cl)nc(C3CCC3)n2c1. The molecule has 2 aromatic heterocycles. The largest absolute Gasteiger partial charge is 0.302 e. The van der Waals surface area contributed by atoms with E-state index in [9.17, 15) is 0 Å².